The summed E-state index contributed by atoms with van der Waals surface area (Å²) in [5.41, 5.74) is 2.77. The molecular formula is C20H26N2O3S. The molecule has 1 spiro atoms. The van der Waals surface area contributed by atoms with Gasteiger partial charge in [-0.25, -0.2) is 8.42 Å². The second-order valence-corrected chi connectivity index (χ2v) is 10.2. The van der Waals surface area contributed by atoms with Crippen LogP contribution in [0.1, 0.15) is 30.4 Å². The molecule has 5 nitrogen and oxygen atoms in total. The molecule has 140 valence electrons. The summed E-state index contributed by atoms with van der Waals surface area (Å²) in [6.45, 7) is 1.82. The van der Waals surface area contributed by atoms with Gasteiger partial charge in [-0.05, 0) is 37.4 Å². The third-order valence-electron chi connectivity index (χ3n) is 6.30. The summed E-state index contributed by atoms with van der Waals surface area (Å²) in [4.78, 5) is 16.6. The molecule has 3 aliphatic rings. The van der Waals surface area contributed by atoms with Crippen LogP contribution in [0.15, 0.2) is 30.3 Å². The number of likely N-dealkylation sites (tertiary alicyclic amines) is 1. The standard InChI is InChI=1S/C20H26N2O3S/c1-21(17-7-13-26(24,25)15-17)14-19(23)22-11-9-20(10-12-22)8-6-16-4-2-3-5-18(16)20/h2-6,8,17H,7,9-15H2,1H3/t17-/m1/s1. The second-order valence-electron chi connectivity index (χ2n) is 7.93. The summed E-state index contributed by atoms with van der Waals surface area (Å²) >= 11 is 0. The smallest absolute Gasteiger partial charge is 0.236 e. The Morgan fingerprint density at radius 3 is 2.69 bits per heavy atom. The molecular weight excluding hydrogens is 348 g/mol. The molecule has 1 amide bonds. The molecule has 0 bridgehead atoms. The van der Waals surface area contributed by atoms with Gasteiger partial charge in [-0.1, -0.05) is 36.4 Å². The molecule has 2 fully saturated rings. The van der Waals surface area contributed by atoms with Gasteiger partial charge in [0.15, 0.2) is 9.84 Å². The molecule has 1 aromatic rings. The number of nitrogens with zero attached hydrogens (tertiary/aromatic N) is 2. The minimum atomic E-state index is -2.92. The largest absolute Gasteiger partial charge is 0.342 e. The van der Waals surface area contributed by atoms with Crippen LogP contribution in [-0.2, 0) is 20.0 Å². The first kappa shape index (κ1) is 17.7. The molecule has 0 N–H and O–H groups in total. The zero-order valence-corrected chi connectivity index (χ0v) is 16.0. The van der Waals surface area contributed by atoms with Gasteiger partial charge in [-0.3, -0.25) is 9.69 Å². The number of piperidine rings is 1. The molecule has 0 unspecified atom stereocenters. The van der Waals surface area contributed by atoms with Crippen molar-refractivity contribution in [3.8, 4) is 0 Å². The van der Waals surface area contributed by atoms with Crippen LogP contribution in [0.4, 0.5) is 0 Å². The van der Waals surface area contributed by atoms with Crippen LogP contribution in [0.2, 0.25) is 0 Å². The fourth-order valence-corrected chi connectivity index (χ4v) is 6.40. The van der Waals surface area contributed by atoms with Gasteiger partial charge in [0.1, 0.15) is 0 Å². The van der Waals surface area contributed by atoms with E-state index in [-0.39, 0.29) is 28.9 Å². The van der Waals surface area contributed by atoms with Gasteiger partial charge in [0.2, 0.25) is 5.91 Å². The normalized spacial score (nSPS) is 25.8. The predicted octanol–water partition coefficient (Wildman–Crippen LogP) is 1.69. The van der Waals surface area contributed by atoms with Crippen molar-refractivity contribution in [2.45, 2.75) is 30.7 Å². The number of hydrogen-bond acceptors (Lipinski definition) is 4. The van der Waals surface area contributed by atoms with E-state index in [1.165, 1.54) is 11.1 Å². The monoisotopic (exact) mass is 374 g/mol. The first-order valence-electron chi connectivity index (χ1n) is 9.36. The predicted molar refractivity (Wildman–Crippen MR) is 103 cm³/mol. The van der Waals surface area contributed by atoms with Crippen LogP contribution >= 0.6 is 0 Å². The molecule has 2 aliphatic heterocycles. The number of rotatable bonds is 3. The van der Waals surface area contributed by atoms with E-state index in [9.17, 15) is 13.2 Å². The van der Waals surface area contributed by atoms with E-state index in [0.29, 0.717) is 13.0 Å². The van der Waals surface area contributed by atoms with E-state index in [0.717, 1.165) is 25.9 Å². The Morgan fingerprint density at radius 1 is 1.27 bits per heavy atom. The number of amides is 1. The van der Waals surface area contributed by atoms with Gasteiger partial charge in [0.05, 0.1) is 18.1 Å². The summed E-state index contributed by atoms with van der Waals surface area (Å²) in [7, 11) is -1.05. The highest BCUT2D eigenvalue weighted by molar-refractivity contribution is 7.91. The Labute approximate surface area is 155 Å². The zero-order valence-electron chi connectivity index (χ0n) is 15.2. The lowest BCUT2D eigenvalue weighted by Gasteiger charge is -2.40. The Balaban J connectivity index is 1.35. The summed E-state index contributed by atoms with van der Waals surface area (Å²) in [6, 6.07) is 8.50. The quantitative estimate of drug-likeness (QED) is 0.808. The average molecular weight is 375 g/mol. The molecule has 1 atom stereocenters. The lowest BCUT2D eigenvalue weighted by molar-refractivity contribution is -0.133. The number of carbonyl (C=O) groups is 1. The van der Waals surface area contributed by atoms with Crippen molar-refractivity contribution < 1.29 is 13.2 Å². The fraction of sp³-hybridized carbons (Fsp3) is 0.550. The number of allylic oxidation sites excluding steroid dienone is 1. The van der Waals surface area contributed by atoms with Gasteiger partial charge >= 0.3 is 0 Å². The van der Waals surface area contributed by atoms with Crippen molar-refractivity contribution in [1.29, 1.82) is 0 Å². The maximum atomic E-state index is 12.7. The Bertz CT molecular complexity index is 838. The van der Waals surface area contributed by atoms with E-state index in [1.54, 1.807) is 0 Å². The van der Waals surface area contributed by atoms with Crippen LogP contribution < -0.4 is 0 Å². The van der Waals surface area contributed by atoms with Gasteiger partial charge < -0.3 is 4.90 Å². The van der Waals surface area contributed by atoms with Crippen LogP contribution in [0.5, 0.6) is 0 Å². The summed E-state index contributed by atoms with van der Waals surface area (Å²) in [5.74, 6) is 0.539. The number of benzene rings is 1. The molecule has 26 heavy (non-hydrogen) atoms. The third-order valence-corrected chi connectivity index (χ3v) is 8.05. The summed E-state index contributed by atoms with van der Waals surface area (Å²) in [6.07, 6.45) is 7.06. The minimum absolute atomic E-state index is 0.0234. The number of hydrogen-bond donors (Lipinski definition) is 0. The molecule has 0 aromatic heterocycles. The number of sulfone groups is 1. The van der Waals surface area contributed by atoms with Crippen LogP contribution in [0.25, 0.3) is 6.08 Å². The van der Waals surface area contributed by atoms with E-state index >= 15 is 0 Å². The van der Waals surface area contributed by atoms with Crippen molar-refractivity contribution in [2.75, 3.05) is 38.2 Å². The fourth-order valence-electron chi connectivity index (χ4n) is 4.59. The van der Waals surface area contributed by atoms with Crippen molar-refractivity contribution in [3.63, 3.8) is 0 Å². The summed E-state index contributed by atoms with van der Waals surface area (Å²) in [5, 5.41) is 0. The first-order valence-corrected chi connectivity index (χ1v) is 11.2. The molecule has 0 radical (unpaired) electrons. The zero-order chi connectivity index (χ0) is 18.4. The van der Waals surface area contributed by atoms with Gasteiger partial charge in [-0.15, -0.1) is 0 Å². The SMILES string of the molecule is CN(CC(=O)N1CCC2(C=Cc3ccccc32)CC1)[C@@H]1CCS(=O)(=O)C1. The van der Waals surface area contributed by atoms with E-state index < -0.39 is 9.84 Å². The molecule has 2 heterocycles. The number of fused-ring (bicyclic) bond motifs is 2. The van der Waals surface area contributed by atoms with Crippen molar-refractivity contribution in [1.82, 2.24) is 9.80 Å². The van der Waals surface area contributed by atoms with Gasteiger partial charge in [-0.2, -0.15) is 0 Å². The Kier molecular flexibility index (Phi) is 4.43. The van der Waals surface area contributed by atoms with E-state index in [1.807, 2.05) is 16.8 Å². The molecule has 1 aliphatic carbocycles. The molecule has 1 aromatic carbocycles. The van der Waals surface area contributed by atoms with Gasteiger partial charge in [0, 0.05) is 24.5 Å². The lowest BCUT2D eigenvalue weighted by Crippen LogP contribution is -2.48. The van der Waals surface area contributed by atoms with Crippen LogP contribution in [0.3, 0.4) is 0 Å². The average Bonchev–Trinajstić information content (AvgIpc) is 3.17. The molecule has 6 heteroatoms. The Morgan fingerprint density at radius 2 is 2.00 bits per heavy atom. The Hall–Kier alpha value is -1.66. The van der Waals surface area contributed by atoms with Crippen LogP contribution in [-0.4, -0.2) is 68.4 Å². The minimum Gasteiger partial charge on any atom is -0.342 e. The number of likely N-dealkylation sites (N-methyl/N-ethyl adjacent to an activating group) is 1. The number of carbonyl (C=O) groups excluding carboxylic acids is 1. The van der Waals surface area contributed by atoms with Crippen molar-refractivity contribution in [3.05, 3.63) is 41.5 Å². The van der Waals surface area contributed by atoms with E-state index in [4.69, 9.17) is 0 Å². The van der Waals surface area contributed by atoms with Gasteiger partial charge in [0.25, 0.3) is 0 Å². The third kappa shape index (κ3) is 3.21. The highest BCUT2D eigenvalue weighted by Crippen LogP contribution is 2.43. The first-order chi connectivity index (χ1) is 12.4. The van der Waals surface area contributed by atoms with Crippen molar-refractivity contribution in [2.24, 2.45) is 0 Å². The highest BCUT2D eigenvalue weighted by Gasteiger charge is 2.39. The maximum absolute atomic E-state index is 12.7. The topological polar surface area (TPSA) is 57.7 Å². The summed E-state index contributed by atoms with van der Waals surface area (Å²) < 4.78 is 23.3. The van der Waals surface area contributed by atoms with Crippen molar-refractivity contribution >= 4 is 21.8 Å². The van der Waals surface area contributed by atoms with E-state index in [2.05, 4.69) is 36.4 Å². The molecule has 4 rings (SSSR count). The molecule has 2 saturated heterocycles. The molecule has 0 saturated carbocycles. The highest BCUT2D eigenvalue weighted by atomic mass is 32.2. The maximum Gasteiger partial charge on any atom is 0.236 e. The van der Waals surface area contributed by atoms with Crippen LogP contribution in [0, 0.1) is 0 Å². The lowest BCUT2D eigenvalue weighted by atomic mass is 9.74. The second kappa shape index (κ2) is 6.50.